The largest absolute Gasteiger partial charge is 0.357 e. The van der Waals surface area contributed by atoms with E-state index >= 15 is 0 Å². The van der Waals surface area contributed by atoms with Gasteiger partial charge in [-0.2, -0.15) is 0 Å². The molecule has 1 aliphatic rings. The Morgan fingerprint density at radius 2 is 1.89 bits per heavy atom. The molecule has 2 rings (SSSR count). The van der Waals surface area contributed by atoms with Crippen molar-refractivity contribution in [2.24, 2.45) is 0 Å². The van der Waals surface area contributed by atoms with Gasteiger partial charge in [-0.25, -0.2) is 13.4 Å². The van der Waals surface area contributed by atoms with Gasteiger partial charge in [-0.1, -0.05) is 0 Å². The third kappa shape index (κ3) is 3.59. The monoisotopic (exact) mass is 283 g/mol. The molecule has 0 amide bonds. The molecule has 0 spiro atoms. The van der Waals surface area contributed by atoms with E-state index in [1.807, 2.05) is 6.07 Å². The lowest BCUT2D eigenvalue weighted by atomic mass is 10.1. The number of aromatic nitrogens is 1. The van der Waals surface area contributed by atoms with Crippen LogP contribution in [0.15, 0.2) is 18.3 Å². The van der Waals surface area contributed by atoms with Gasteiger partial charge in [0.2, 0.25) is 10.0 Å². The first-order valence-corrected chi connectivity index (χ1v) is 8.26. The minimum atomic E-state index is -3.29. The summed E-state index contributed by atoms with van der Waals surface area (Å²) in [6, 6.07) is 3.65. The second-order valence-corrected chi connectivity index (χ2v) is 7.39. The van der Waals surface area contributed by atoms with Crippen LogP contribution < -0.4 is 9.62 Å². The second kappa shape index (κ2) is 5.77. The Bertz CT molecular complexity index is 505. The van der Waals surface area contributed by atoms with Crippen LogP contribution in [0.2, 0.25) is 0 Å². The first kappa shape index (κ1) is 14.1. The predicted molar refractivity (Wildman–Crippen MR) is 78.0 cm³/mol. The maximum atomic E-state index is 11.7. The van der Waals surface area contributed by atoms with Crippen molar-refractivity contribution in [3.63, 3.8) is 0 Å². The number of pyridine rings is 1. The van der Waals surface area contributed by atoms with Crippen LogP contribution in [0, 0.1) is 0 Å². The SMILES string of the molecule is CC(C)S(=O)(=O)Nc1ccc(N2CCCCC2)nc1. The average molecular weight is 283 g/mol. The van der Waals surface area contributed by atoms with Crippen LogP contribution in [0.1, 0.15) is 33.1 Å². The summed E-state index contributed by atoms with van der Waals surface area (Å²) in [7, 11) is -3.29. The van der Waals surface area contributed by atoms with Crippen LogP contribution in [0.25, 0.3) is 0 Å². The van der Waals surface area contributed by atoms with E-state index < -0.39 is 15.3 Å². The fraction of sp³-hybridized carbons (Fsp3) is 0.615. The molecule has 0 bridgehead atoms. The zero-order chi connectivity index (χ0) is 13.9. The van der Waals surface area contributed by atoms with Gasteiger partial charge >= 0.3 is 0 Å². The predicted octanol–water partition coefficient (Wildman–Crippen LogP) is 2.22. The molecule has 0 atom stereocenters. The normalized spacial score (nSPS) is 16.7. The highest BCUT2D eigenvalue weighted by molar-refractivity contribution is 7.93. The van der Waals surface area contributed by atoms with E-state index in [0.29, 0.717) is 5.69 Å². The van der Waals surface area contributed by atoms with E-state index in [9.17, 15) is 8.42 Å². The van der Waals surface area contributed by atoms with Crippen molar-refractivity contribution >= 4 is 21.5 Å². The van der Waals surface area contributed by atoms with Crippen LogP contribution in [0.5, 0.6) is 0 Å². The fourth-order valence-electron chi connectivity index (χ4n) is 2.04. The van der Waals surface area contributed by atoms with E-state index in [4.69, 9.17) is 0 Å². The number of nitrogens with one attached hydrogen (secondary N) is 1. The molecule has 1 aromatic heterocycles. The molecule has 1 aromatic rings. The standard InChI is InChI=1S/C13H21N3O2S/c1-11(2)19(17,18)15-12-6-7-13(14-10-12)16-8-4-3-5-9-16/h6-7,10-11,15H,3-5,8-9H2,1-2H3. The van der Waals surface area contributed by atoms with Crippen molar-refractivity contribution in [3.8, 4) is 0 Å². The molecule has 1 fully saturated rings. The lowest BCUT2D eigenvalue weighted by Gasteiger charge is -2.27. The summed E-state index contributed by atoms with van der Waals surface area (Å²) in [5.41, 5.74) is 0.523. The van der Waals surface area contributed by atoms with Crippen molar-refractivity contribution in [3.05, 3.63) is 18.3 Å². The van der Waals surface area contributed by atoms with Crippen LogP contribution in [0.4, 0.5) is 11.5 Å². The Kier molecular flexibility index (Phi) is 4.29. The molecule has 1 saturated heterocycles. The zero-order valence-corrected chi connectivity index (χ0v) is 12.3. The smallest absolute Gasteiger partial charge is 0.235 e. The van der Waals surface area contributed by atoms with Crippen LogP contribution in [-0.2, 0) is 10.0 Å². The van der Waals surface area contributed by atoms with Gasteiger partial charge in [0.25, 0.3) is 0 Å². The minimum Gasteiger partial charge on any atom is -0.357 e. The Balaban J connectivity index is 2.06. The molecule has 0 saturated carbocycles. The molecule has 0 aromatic carbocycles. The van der Waals surface area contributed by atoms with Gasteiger partial charge in [0.1, 0.15) is 5.82 Å². The van der Waals surface area contributed by atoms with Gasteiger partial charge in [0.15, 0.2) is 0 Å². The highest BCUT2D eigenvalue weighted by Gasteiger charge is 2.16. The molecule has 0 radical (unpaired) electrons. The summed E-state index contributed by atoms with van der Waals surface area (Å²) in [6.45, 7) is 5.36. The zero-order valence-electron chi connectivity index (χ0n) is 11.5. The number of sulfonamides is 1. The average Bonchev–Trinajstić information content (AvgIpc) is 2.40. The summed E-state index contributed by atoms with van der Waals surface area (Å²) in [5.74, 6) is 0.923. The number of nitrogens with zero attached hydrogens (tertiary/aromatic N) is 2. The van der Waals surface area contributed by atoms with Gasteiger partial charge < -0.3 is 4.90 Å². The van der Waals surface area contributed by atoms with Crippen LogP contribution in [-0.4, -0.2) is 31.7 Å². The van der Waals surface area contributed by atoms with E-state index in [1.54, 1.807) is 26.1 Å². The summed E-state index contributed by atoms with van der Waals surface area (Å²) in [4.78, 5) is 6.59. The first-order chi connectivity index (χ1) is 8.99. The summed E-state index contributed by atoms with van der Waals surface area (Å²) in [5, 5.41) is -0.450. The van der Waals surface area contributed by atoms with Gasteiger partial charge in [0.05, 0.1) is 17.1 Å². The quantitative estimate of drug-likeness (QED) is 0.920. The number of anilines is 2. The molecule has 0 unspecified atom stereocenters. The lowest BCUT2D eigenvalue weighted by molar-refractivity contribution is 0.573. The first-order valence-electron chi connectivity index (χ1n) is 6.72. The minimum absolute atomic E-state index is 0.450. The fourth-order valence-corrected chi connectivity index (χ4v) is 2.72. The number of hydrogen-bond donors (Lipinski definition) is 1. The molecule has 19 heavy (non-hydrogen) atoms. The molecule has 106 valence electrons. The van der Waals surface area contributed by atoms with Crippen molar-refractivity contribution in [2.45, 2.75) is 38.4 Å². The van der Waals surface area contributed by atoms with Crippen molar-refractivity contribution in [1.29, 1.82) is 0 Å². The molecular weight excluding hydrogens is 262 g/mol. The Labute approximate surface area is 115 Å². The van der Waals surface area contributed by atoms with Crippen LogP contribution >= 0.6 is 0 Å². The summed E-state index contributed by atoms with van der Waals surface area (Å²) < 4.78 is 26.0. The lowest BCUT2D eigenvalue weighted by Crippen LogP contribution is -2.30. The highest BCUT2D eigenvalue weighted by Crippen LogP contribution is 2.19. The Morgan fingerprint density at radius 3 is 2.42 bits per heavy atom. The molecule has 1 aliphatic heterocycles. The van der Waals surface area contributed by atoms with Crippen LogP contribution in [0.3, 0.4) is 0 Å². The Hall–Kier alpha value is -1.30. The third-order valence-corrected chi connectivity index (χ3v) is 5.07. The summed E-state index contributed by atoms with van der Waals surface area (Å²) >= 11 is 0. The van der Waals surface area contributed by atoms with E-state index in [0.717, 1.165) is 18.9 Å². The highest BCUT2D eigenvalue weighted by atomic mass is 32.2. The van der Waals surface area contributed by atoms with E-state index in [-0.39, 0.29) is 0 Å². The molecule has 2 heterocycles. The van der Waals surface area contributed by atoms with E-state index in [1.165, 1.54) is 19.3 Å². The molecule has 0 aliphatic carbocycles. The molecule has 1 N–H and O–H groups in total. The number of hydrogen-bond acceptors (Lipinski definition) is 4. The van der Waals surface area contributed by atoms with Crippen molar-refractivity contribution < 1.29 is 8.42 Å². The van der Waals surface area contributed by atoms with Gasteiger partial charge in [-0.3, -0.25) is 4.72 Å². The molecular formula is C13H21N3O2S. The molecule has 5 nitrogen and oxygen atoms in total. The topological polar surface area (TPSA) is 62.3 Å². The van der Waals surface area contributed by atoms with Gasteiger partial charge in [0, 0.05) is 13.1 Å². The second-order valence-electron chi connectivity index (χ2n) is 5.15. The number of rotatable bonds is 4. The Morgan fingerprint density at radius 1 is 1.21 bits per heavy atom. The van der Waals surface area contributed by atoms with Gasteiger partial charge in [-0.05, 0) is 45.2 Å². The van der Waals surface area contributed by atoms with Crippen molar-refractivity contribution in [2.75, 3.05) is 22.7 Å². The van der Waals surface area contributed by atoms with E-state index in [2.05, 4.69) is 14.6 Å². The maximum Gasteiger partial charge on any atom is 0.235 e. The maximum absolute atomic E-state index is 11.7. The summed E-state index contributed by atoms with van der Waals surface area (Å²) in [6.07, 6.45) is 5.26. The molecule has 6 heteroatoms. The third-order valence-electron chi connectivity index (χ3n) is 3.31. The number of piperidine rings is 1. The van der Waals surface area contributed by atoms with Gasteiger partial charge in [-0.15, -0.1) is 0 Å². The van der Waals surface area contributed by atoms with Crippen molar-refractivity contribution in [1.82, 2.24) is 4.98 Å².